The van der Waals surface area contributed by atoms with E-state index in [0.717, 1.165) is 13.0 Å². The molecule has 1 aliphatic rings. The molecule has 0 saturated carbocycles. The summed E-state index contributed by atoms with van der Waals surface area (Å²) in [6, 6.07) is 0. The Morgan fingerprint density at radius 2 is 2.00 bits per heavy atom. The molecule has 1 rings (SSSR count). The molecule has 1 atom stereocenters. The van der Waals surface area contributed by atoms with E-state index in [-0.39, 0.29) is 10.8 Å². The molecule has 0 amide bonds. The standard InChI is InChI=1S/C11H19N/c1-10(2,3)11(4)7-5-6-8-12-9-11/h5,7,9H,6,8H2,1-4H3. The Morgan fingerprint density at radius 1 is 1.33 bits per heavy atom. The third-order valence-corrected chi connectivity index (χ3v) is 2.86. The van der Waals surface area contributed by atoms with E-state index >= 15 is 0 Å². The molecule has 1 heterocycles. The molecule has 0 aliphatic carbocycles. The summed E-state index contributed by atoms with van der Waals surface area (Å²) in [5.74, 6) is 0. The molecule has 0 fully saturated rings. The van der Waals surface area contributed by atoms with Crippen LogP contribution in [-0.2, 0) is 0 Å². The largest absolute Gasteiger partial charge is 0.296 e. The first kappa shape index (κ1) is 9.50. The molecule has 0 saturated heterocycles. The predicted molar refractivity (Wildman–Crippen MR) is 54.7 cm³/mol. The fourth-order valence-electron chi connectivity index (χ4n) is 1.22. The van der Waals surface area contributed by atoms with Crippen LogP contribution in [0.4, 0.5) is 0 Å². The normalized spacial score (nSPS) is 30.3. The van der Waals surface area contributed by atoms with Gasteiger partial charge in [0.2, 0.25) is 0 Å². The van der Waals surface area contributed by atoms with Crippen LogP contribution in [0.15, 0.2) is 17.1 Å². The minimum absolute atomic E-state index is 0.128. The minimum atomic E-state index is 0.128. The molecule has 0 aromatic heterocycles. The molecule has 0 spiro atoms. The lowest BCUT2D eigenvalue weighted by molar-refractivity contribution is 0.257. The maximum absolute atomic E-state index is 4.40. The van der Waals surface area contributed by atoms with Gasteiger partial charge < -0.3 is 0 Å². The van der Waals surface area contributed by atoms with E-state index in [1.165, 1.54) is 0 Å². The second-order valence-electron chi connectivity index (χ2n) is 4.76. The maximum Gasteiger partial charge on any atom is 0.0420 e. The zero-order chi connectivity index (χ0) is 9.24. The number of allylic oxidation sites excluding steroid dienone is 1. The van der Waals surface area contributed by atoms with E-state index in [4.69, 9.17) is 0 Å². The molecular weight excluding hydrogens is 146 g/mol. The van der Waals surface area contributed by atoms with Gasteiger partial charge in [0.1, 0.15) is 0 Å². The van der Waals surface area contributed by atoms with Crippen LogP contribution in [0.2, 0.25) is 0 Å². The highest BCUT2D eigenvalue weighted by molar-refractivity contribution is 5.69. The second-order valence-corrected chi connectivity index (χ2v) is 4.76. The van der Waals surface area contributed by atoms with Crippen LogP contribution in [0, 0.1) is 10.8 Å². The summed E-state index contributed by atoms with van der Waals surface area (Å²) in [6.45, 7) is 9.97. The molecular formula is C11H19N. The maximum atomic E-state index is 4.40. The van der Waals surface area contributed by atoms with Crippen molar-refractivity contribution in [3.8, 4) is 0 Å². The summed E-state index contributed by atoms with van der Waals surface area (Å²) in [5, 5.41) is 0. The Bertz CT molecular complexity index is 192. The molecule has 12 heavy (non-hydrogen) atoms. The Hall–Kier alpha value is -0.590. The van der Waals surface area contributed by atoms with Crippen LogP contribution >= 0.6 is 0 Å². The average molecular weight is 165 g/mol. The average Bonchev–Trinajstić information content (AvgIpc) is 2.12. The third-order valence-electron chi connectivity index (χ3n) is 2.86. The first-order valence-electron chi connectivity index (χ1n) is 4.64. The van der Waals surface area contributed by atoms with Crippen LogP contribution in [0.3, 0.4) is 0 Å². The van der Waals surface area contributed by atoms with Crippen LogP contribution in [0.25, 0.3) is 0 Å². The van der Waals surface area contributed by atoms with E-state index in [9.17, 15) is 0 Å². The quantitative estimate of drug-likeness (QED) is 0.489. The van der Waals surface area contributed by atoms with Gasteiger partial charge in [0.25, 0.3) is 0 Å². The van der Waals surface area contributed by atoms with E-state index < -0.39 is 0 Å². The molecule has 1 unspecified atom stereocenters. The van der Waals surface area contributed by atoms with E-state index in [1.54, 1.807) is 0 Å². The van der Waals surface area contributed by atoms with Gasteiger partial charge in [0, 0.05) is 18.2 Å². The summed E-state index contributed by atoms with van der Waals surface area (Å²) in [6.07, 6.45) is 7.74. The van der Waals surface area contributed by atoms with Gasteiger partial charge >= 0.3 is 0 Å². The second kappa shape index (κ2) is 3.04. The molecule has 1 heteroatoms. The lowest BCUT2D eigenvalue weighted by Crippen LogP contribution is -2.32. The summed E-state index contributed by atoms with van der Waals surface area (Å²) in [5.41, 5.74) is 0.390. The van der Waals surface area contributed by atoms with Crippen molar-refractivity contribution in [1.82, 2.24) is 0 Å². The van der Waals surface area contributed by atoms with Gasteiger partial charge in [-0.1, -0.05) is 39.8 Å². The monoisotopic (exact) mass is 165 g/mol. The lowest BCUT2D eigenvalue weighted by atomic mass is 9.68. The van der Waals surface area contributed by atoms with Crippen LogP contribution in [0.5, 0.6) is 0 Å². The highest BCUT2D eigenvalue weighted by Gasteiger charge is 2.33. The molecule has 0 N–H and O–H groups in total. The van der Waals surface area contributed by atoms with Crippen molar-refractivity contribution >= 4 is 6.21 Å². The van der Waals surface area contributed by atoms with E-state index in [0.29, 0.717) is 0 Å². The molecule has 0 aromatic carbocycles. The van der Waals surface area contributed by atoms with Crippen LogP contribution < -0.4 is 0 Å². The summed E-state index contributed by atoms with van der Waals surface area (Å²) in [4.78, 5) is 4.40. The topological polar surface area (TPSA) is 12.4 Å². The third kappa shape index (κ3) is 1.77. The Labute approximate surface area is 75.6 Å². The number of rotatable bonds is 0. The number of nitrogens with zero attached hydrogens (tertiary/aromatic N) is 1. The summed E-state index contributed by atoms with van der Waals surface area (Å²) < 4.78 is 0. The summed E-state index contributed by atoms with van der Waals surface area (Å²) in [7, 11) is 0. The molecule has 0 radical (unpaired) electrons. The fourth-order valence-corrected chi connectivity index (χ4v) is 1.22. The van der Waals surface area contributed by atoms with E-state index in [1.807, 2.05) is 0 Å². The van der Waals surface area contributed by atoms with Gasteiger partial charge in [-0.3, -0.25) is 4.99 Å². The van der Waals surface area contributed by atoms with Crippen molar-refractivity contribution in [1.29, 1.82) is 0 Å². The number of aliphatic imine (C=N–C) groups is 1. The predicted octanol–water partition coefficient (Wildman–Crippen LogP) is 3.07. The van der Waals surface area contributed by atoms with Crippen molar-refractivity contribution < 1.29 is 0 Å². The Morgan fingerprint density at radius 3 is 2.58 bits per heavy atom. The van der Waals surface area contributed by atoms with E-state index in [2.05, 4.69) is 51.1 Å². The van der Waals surface area contributed by atoms with Crippen molar-refractivity contribution in [3.63, 3.8) is 0 Å². The van der Waals surface area contributed by atoms with Gasteiger partial charge in [0.15, 0.2) is 0 Å². The van der Waals surface area contributed by atoms with Crippen molar-refractivity contribution in [2.45, 2.75) is 34.1 Å². The van der Waals surface area contributed by atoms with Gasteiger partial charge in [-0.25, -0.2) is 0 Å². The zero-order valence-electron chi connectivity index (χ0n) is 8.59. The number of hydrogen-bond donors (Lipinski definition) is 0. The SMILES string of the molecule is CC(C)(C)C1(C)C=CCCN=C1. The Balaban J connectivity index is 2.94. The number of hydrogen-bond acceptors (Lipinski definition) is 1. The molecule has 0 aromatic rings. The fraction of sp³-hybridized carbons (Fsp3) is 0.727. The summed E-state index contributed by atoms with van der Waals surface area (Å²) >= 11 is 0. The van der Waals surface area contributed by atoms with Gasteiger partial charge in [-0.05, 0) is 11.8 Å². The van der Waals surface area contributed by atoms with Crippen molar-refractivity contribution in [3.05, 3.63) is 12.2 Å². The van der Waals surface area contributed by atoms with Crippen molar-refractivity contribution in [2.75, 3.05) is 6.54 Å². The van der Waals surface area contributed by atoms with Gasteiger partial charge in [0.05, 0.1) is 0 Å². The zero-order valence-corrected chi connectivity index (χ0v) is 8.59. The molecule has 1 nitrogen and oxygen atoms in total. The van der Waals surface area contributed by atoms with Crippen LogP contribution in [0.1, 0.15) is 34.1 Å². The molecule has 0 bridgehead atoms. The first-order valence-corrected chi connectivity index (χ1v) is 4.64. The lowest BCUT2D eigenvalue weighted by Gasteiger charge is -2.36. The Kier molecular flexibility index (Phi) is 2.41. The minimum Gasteiger partial charge on any atom is -0.296 e. The highest BCUT2D eigenvalue weighted by atomic mass is 14.7. The molecule has 68 valence electrons. The highest BCUT2D eigenvalue weighted by Crippen LogP contribution is 2.38. The smallest absolute Gasteiger partial charge is 0.0420 e. The van der Waals surface area contributed by atoms with Crippen molar-refractivity contribution in [2.24, 2.45) is 15.8 Å². The first-order chi connectivity index (χ1) is 5.46. The van der Waals surface area contributed by atoms with Crippen LogP contribution in [-0.4, -0.2) is 12.8 Å². The van der Waals surface area contributed by atoms with Gasteiger partial charge in [-0.2, -0.15) is 0 Å². The van der Waals surface area contributed by atoms with Gasteiger partial charge in [-0.15, -0.1) is 0 Å². The molecule has 1 aliphatic heterocycles.